The van der Waals surface area contributed by atoms with Gasteiger partial charge in [-0.1, -0.05) is 41.5 Å². The van der Waals surface area contributed by atoms with E-state index in [0.717, 1.165) is 0 Å². The van der Waals surface area contributed by atoms with Gasteiger partial charge in [-0.2, -0.15) is 0 Å². The number of nitrogens with two attached hydrogens (primary N) is 1. The summed E-state index contributed by atoms with van der Waals surface area (Å²) in [5, 5.41) is 0. The molecule has 1 atom stereocenters. The first-order chi connectivity index (χ1) is 6.63. The van der Waals surface area contributed by atoms with Crippen molar-refractivity contribution in [2.45, 2.75) is 26.8 Å². The standard InChI is InChI=1S/C12H18N2/c1-9(2)8-12(14-13)11-6-4-10(3)5-7-11/h4-8,12,14H,13H2,1-3H3. The molecule has 0 fully saturated rings. The second-order valence-corrected chi connectivity index (χ2v) is 3.80. The van der Waals surface area contributed by atoms with Crippen LogP contribution in [0.1, 0.15) is 31.0 Å². The van der Waals surface area contributed by atoms with E-state index < -0.39 is 0 Å². The van der Waals surface area contributed by atoms with Crippen LogP contribution in [0, 0.1) is 6.92 Å². The lowest BCUT2D eigenvalue weighted by molar-refractivity contribution is 0.652. The minimum atomic E-state index is 0.112. The van der Waals surface area contributed by atoms with Gasteiger partial charge in [-0.15, -0.1) is 0 Å². The molecule has 0 radical (unpaired) electrons. The normalized spacial score (nSPS) is 12.3. The predicted molar refractivity (Wildman–Crippen MR) is 60.7 cm³/mol. The summed E-state index contributed by atoms with van der Waals surface area (Å²) < 4.78 is 0. The van der Waals surface area contributed by atoms with Crippen molar-refractivity contribution in [3.05, 3.63) is 47.0 Å². The Kier molecular flexibility index (Phi) is 3.86. The van der Waals surface area contributed by atoms with Crippen LogP contribution in [0.15, 0.2) is 35.9 Å². The number of allylic oxidation sites excluding steroid dienone is 1. The second kappa shape index (κ2) is 4.94. The Morgan fingerprint density at radius 2 is 1.86 bits per heavy atom. The first-order valence-electron chi connectivity index (χ1n) is 4.81. The summed E-state index contributed by atoms with van der Waals surface area (Å²) in [7, 11) is 0. The molecule has 1 aromatic carbocycles. The van der Waals surface area contributed by atoms with Crippen molar-refractivity contribution in [3.8, 4) is 0 Å². The maximum absolute atomic E-state index is 5.50. The Morgan fingerprint density at radius 1 is 1.29 bits per heavy atom. The number of rotatable bonds is 3. The summed E-state index contributed by atoms with van der Waals surface area (Å²) in [5.74, 6) is 5.50. The van der Waals surface area contributed by atoms with Crippen molar-refractivity contribution in [2.24, 2.45) is 5.84 Å². The van der Waals surface area contributed by atoms with Crippen LogP contribution in [0.25, 0.3) is 0 Å². The van der Waals surface area contributed by atoms with Crippen molar-refractivity contribution in [1.29, 1.82) is 0 Å². The third kappa shape index (κ3) is 2.98. The van der Waals surface area contributed by atoms with E-state index in [9.17, 15) is 0 Å². The molecule has 0 aliphatic carbocycles. The molecule has 1 rings (SSSR count). The highest BCUT2D eigenvalue weighted by Gasteiger charge is 2.04. The minimum Gasteiger partial charge on any atom is -0.271 e. The summed E-state index contributed by atoms with van der Waals surface area (Å²) in [6.45, 7) is 6.21. The lowest BCUT2D eigenvalue weighted by Crippen LogP contribution is -2.26. The fraction of sp³-hybridized carbons (Fsp3) is 0.333. The Hall–Kier alpha value is -1.12. The quantitative estimate of drug-likeness (QED) is 0.436. The predicted octanol–water partition coefficient (Wildman–Crippen LogP) is 2.47. The molecular weight excluding hydrogens is 172 g/mol. The molecule has 1 unspecified atom stereocenters. The van der Waals surface area contributed by atoms with E-state index in [0.29, 0.717) is 0 Å². The van der Waals surface area contributed by atoms with Crippen molar-refractivity contribution in [3.63, 3.8) is 0 Å². The van der Waals surface area contributed by atoms with Gasteiger partial charge >= 0.3 is 0 Å². The van der Waals surface area contributed by atoms with Gasteiger partial charge in [0, 0.05) is 0 Å². The molecule has 0 spiro atoms. The summed E-state index contributed by atoms with van der Waals surface area (Å²) >= 11 is 0. The molecule has 1 aromatic rings. The molecule has 0 aliphatic rings. The van der Waals surface area contributed by atoms with Crippen LogP contribution in [0.3, 0.4) is 0 Å². The fourth-order valence-electron chi connectivity index (χ4n) is 1.35. The van der Waals surface area contributed by atoms with Gasteiger partial charge in [0.2, 0.25) is 0 Å². The molecule has 0 amide bonds. The highest BCUT2D eigenvalue weighted by molar-refractivity contribution is 5.27. The van der Waals surface area contributed by atoms with Crippen LogP contribution in [-0.2, 0) is 0 Å². The third-order valence-electron chi connectivity index (χ3n) is 2.12. The zero-order valence-corrected chi connectivity index (χ0v) is 9.04. The first-order valence-corrected chi connectivity index (χ1v) is 4.81. The first kappa shape index (κ1) is 11.0. The summed E-state index contributed by atoms with van der Waals surface area (Å²) in [5.41, 5.74) is 6.51. The van der Waals surface area contributed by atoms with Gasteiger partial charge in [0.05, 0.1) is 6.04 Å². The van der Waals surface area contributed by atoms with Crippen LogP contribution >= 0.6 is 0 Å². The number of aryl methyl sites for hydroxylation is 1. The summed E-state index contributed by atoms with van der Waals surface area (Å²) in [6, 6.07) is 8.50. The number of nitrogens with one attached hydrogen (secondary N) is 1. The average Bonchev–Trinajstić information content (AvgIpc) is 2.15. The average molecular weight is 190 g/mol. The van der Waals surface area contributed by atoms with Crippen LogP contribution < -0.4 is 11.3 Å². The van der Waals surface area contributed by atoms with E-state index in [-0.39, 0.29) is 6.04 Å². The third-order valence-corrected chi connectivity index (χ3v) is 2.12. The van der Waals surface area contributed by atoms with Crippen LogP contribution in [-0.4, -0.2) is 0 Å². The van der Waals surface area contributed by atoms with Gasteiger partial charge in [-0.05, 0) is 26.3 Å². The van der Waals surface area contributed by atoms with Gasteiger partial charge in [0.15, 0.2) is 0 Å². The molecule has 76 valence electrons. The zero-order chi connectivity index (χ0) is 10.6. The molecule has 14 heavy (non-hydrogen) atoms. The van der Waals surface area contributed by atoms with E-state index in [1.54, 1.807) is 0 Å². The number of hydrogen-bond donors (Lipinski definition) is 2. The number of hydrazine groups is 1. The van der Waals surface area contributed by atoms with Crippen molar-refractivity contribution in [1.82, 2.24) is 5.43 Å². The Bertz CT molecular complexity index is 308. The molecule has 0 aromatic heterocycles. The molecule has 0 aliphatic heterocycles. The molecular formula is C12H18N2. The van der Waals surface area contributed by atoms with Gasteiger partial charge in [-0.3, -0.25) is 5.84 Å². The van der Waals surface area contributed by atoms with E-state index >= 15 is 0 Å². The lowest BCUT2D eigenvalue weighted by Gasteiger charge is -2.12. The molecule has 0 saturated carbocycles. The highest BCUT2D eigenvalue weighted by Crippen LogP contribution is 2.15. The molecule has 3 N–H and O–H groups in total. The zero-order valence-electron chi connectivity index (χ0n) is 9.04. The smallest absolute Gasteiger partial charge is 0.0643 e. The summed E-state index contributed by atoms with van der Waals surface area (Å²) in [4.78, 5) is 0. The van der Waals surface area contributed by atoms with Gasteiger partial charge < -0.3 is 0 Å². The van der Waals surface area contributed by atoms with E-state index in [4.69, 9.17) is 5.84 Å². The van der Waals surface area contributed by atoms with Gasteiger partial charge in [0.1, 0.15) is 0 Å². The Morgan fingerprint density at radius 3 is 2.29 bits per heavy atom. The Balaban J connectivity index is 2.90. The maximum atomic E-state index is 5.50. The van der Waals surface area contributed by atoms with E-state index in [1.807, 2.05) is 0 Å². The largest absolute Gasteiger partial charge is 0.271 e. The lowest BCUT2D eigenvalue weighted by atomic mass is 10.0. The van der Waals surface area contributed by atoms with Crippen molar-refractivity contribution >= 4 is 0 Å². The maximum Gasteiger partial charge on any atom is 0.0643 e. The monoisotopic (exact) mass is 190 g/mol. The number of hydrogen-bond acceptors (Lipinski definition) is 2. The fourth-order valence-corrected chi connectivity index (χ4v) is 1.35. The van der Waals surface area contributed by atoms with Crippen LogP contribution in [0.5, 0.6) is 0 Å². The van der Waals surface area contributed by atoms with E-state index in [1.165, 1.54) is 16.7 Å². The Labute approximate surface area is 85.8 Å². The SMILES string of the molecule is CC(C)=CC(NN)c1ccc(C)cc1. The number of benzene rings is 1. The molecule has 2 heteroatoms. The van der Waals surface area contributed by atoms with Crippen LogP contribution in [0.4, 0.5) is 0 Å². The highest BCUT2D eigenvalue weighted by atomic mass is 15.2. The molecule has 0 bridgehead atoms. The minimum absolute atomic E-state index is 0.112. The molecule has 0 heterocycles. The van der Waals surface area contributed by atoms with Crippen molar-refractivity contribution < 1.29 is 0 Å². The van der Waals surface area contributed by atoms with Gasteiger partial charge in [-0.25, -0.2) is 5.43 Å². The molecule has 2 nitrogen and oxygen atoms in total. The van der Waals surface area contributed by atoms with Gasteiger partial charge in [0.25, 0.3) is 0 Å². The van der Waals surface area contributed by atoms with E-state index in [2.05, 4.69) is 56.5 Å². The van der Waals surface area contributed by atoms with Crippen molar-refractivity contribution in [2.75, 3.05) is 0 Å². The molecule has 0 saturated heterocycles. The topological polar surface area (TPSA) is 38.0 Å². The second-order valence-electron chi connectivity index (χ2n) is 3.80. The summed E-state index contributed by atoms with van der Waals surface area (Å²) in [6.07, 6.45) is 2.12. The van der Waals surface area contributed by atoms with Crippen LogP contribution in [0.2, 0.25) is 0 Å².